The number of halogens is 1. The Bertz CT molecular complexity index is 846. The van der Waals surface area contributed by atoms with Gasteiger partial charge in [0, 0.05) is 0 Å². The molecule has 4 nitrogen and oxygen atoms in total. The minimum Gasteiger partial charge on any atom is -0.507 e. The summed E-state index contributed by atoms with van der Waals surface area (Å²) in [6, 6.07) is 12.7. The lowest BCUT2D eigenvalue weighted by atomic mass is 10.1. The van der Waals surface area contributed by atoms with Crippen molar-refractivity contribution in [2.75, 3.05) is 0 Å². The lowest BCUT2D eigenvalue weighted by Gasteiger charge is -2.12. The van der Waals surface area contributed by atoms with E-state index in [0.717, 1.165) is 28.5 Å². The molecule has 1 heterocycles. The molecule has 2 aromatic carbocycles. The van der Waals surface area contributed by atoms with Gasteiger partial charge in [0.1, 0.15) is 5.75 Å². The molecule has 0 unspecified atom stereocenters. The third-order valence-corrected chi connectivity index (χ3v) is 5.15. The SMILES string of the molecule is Cc1ccc(CN2C(=O)S/C(=C/c3ccc(O)c(Br)c3)C2=O)cc1. The topological polar surface area (TPSA) is 57.6 Å². The minimum atomic E-state index is -0.297. The molecular weight excluding hydrogens is 390 g/mol. The third kappa shape index (κ3) is 3.55. The Morgan fingerprint density at radius 1 is 1.17 bits per heavy atom. The molecule has 0 spiro atoms. The van der Waals surface area contributed by atoms with Gasteiger partial charge in [0.2, 0.25) is 0 Å². The third-order valence-electron chi connectivity index (χ3n) is 3.60. The van der Waals surface area contributed by atoms with Gasteiger partial charge in [-0.2, -0.15) is 0 Å². The Balaban J connectivity index is 1.81. The van der Waals surface area contributed by atoms with Gasteiger partial charge in [-0.3, -0.25) is 14.5 Å². The smallest absolute Gasteiger partial charge is 0.293 e. The molecule has 2 aromatic rings. The summed E-state index contributed by atoms with van der Waals surface area (Å²) in [7, 11) is 0. The quantitative estimate of drug-likeness (QED) is 0.754. The van der Waals surface area contributed by atoms with E-state index in [9.17, 15) is 14.7 Å². The largest absolute Gasteiger partial charge is 0.507 e. The number of phenolic OH excluding ortho intramolecular Hbond substituents is 1. The van der Waals surface area contributed by atoms with E-state index in [2.05, 4.69) is 15.9 Å². The molecule has 122 valence electrons. The summed E-state index contributed by atoms with van der Waals surface area (Å²) in [6.45, 7) is 2.25. The van der Waals surface area contributed by atoms with Crippen molar-refractivity contribution in [3.8, 4) is 5.75 Å². The van der Waals surface area contributed by atoms with Crippen LogP contribution in [0.5, 0.6) is 5.75 Å². The summed E-state index contributed by atoms with van der Waals surface area (Å²) >= 11 is 4.17. The maximum Gasteiger partial charge on any atom is 0.293 e. The van der Waals surface area contributed by atoms with Crippen molar-refractivity contribution < 1.29 is 14.7 Å². The van der Waals surface area contributed by atoms with Gasteiger partial charge in [0.05, 0.1) is 15.9 Å². The van der Waals surface area contributed by atoms with E-state index >= 15 is 0 Å². The van der Waals surface area contributed by atoms with E-state index < -0.39 is 0 Å². The van der Waals surface area contributed by atoms with Gasteiger partial charge in [-0.15, -0.1) is 0 Å². The number of hydrogen-bond donors (Lipinski definition) is 1. The van der Waals surface area contributed by atoms with Crippen LogP contribution in [0.2, 0.25) is 0 Å². The highest BCUT2D eigenvalue weighted by Crippen LogP contribution is 2.34. The average Bonchev–Trinajstić information content (AvgIpc) is 2.80. The fourth-order valence-corrected chi connectivity index (χ4v) is 3.51. The molecule has 2 amide bonds. The molecule has 0 aliphatic carbocycles. The summed E-state index contributed by atoms with van der Waals surface area (Å²) in [5.41, 5.74) is 2.78. The fraction of sp³-hybridized carbons (Fsp3) is 0.111. The molecule has 1 fully saturated rings. The first-order valence-corrected chi connectivity index (χ1v) is 8.84. The number of imide groups is 1. The lowest BCUT2D eigenvalue weighted by Crippen LogP contribution is -2.27. The Hall–Kier alpha value is -2.05. The van der Waals surface area contributed by atoms with Gasteiger partial charge >= 0.3 is 0 Å². The molecule has 0 atom stereocenters. The summed E-state index contributed by atoms with van der Waals surface area (Å²) in [6.07, 6.45) is 1.66. The van der Waals surface area contributed by atoms with E-state index in [-0.39, 0.29) is 23.4 Å². The van der Waals surface area contributed by atoms with Crippen LogP contribution < -0.4 is 0 Å². The number of nitrogens with zero attached hydrogens (tertiary/aromatic N) is 1. The van der Waals surface area contributed by atoms with E-state index in [1.54, 1.807) is 18.2 Å². The first-order valence-electron chi connectivity index (χ1n) is 7.23. The van der Waals surface area contributed by atoms with Crippen LogP contribution in [0.15, 0.2) is 51.8 Å². The Kier molecular flexibility index (Phi) is 4.78. The van der Waals surface area contributed by atoms with Crippen LogP contribution in [-0.2, 0) is 11.3 Å². The zero-order valence-corrected chi connectivity index (χ0v) is 15.2. The monoisotopic (exact) mass is 403 g/mol. The van der Waals surface area contributed by atoms with Gasteiger partial charge < -0.3 is 5.11 Å². The van der Waals surface area contributed by atoms with Gasteiger partial charge in [-0.25, -0.2) is 0 Å². The fourth-order valence-electron chi connectivity index (χ4n) is 2.28. The van der Waals surface area contributed by atoms with Crippen molar-refractivity contribution in [2.24, 2.45) is 0 Å². The highest BCUT2D eigenvalue weighted by atomic mass is 79.9. The van der Waals surface area contributed by atoms with Gasteiger partial charge in [-0.1, -0.05) is 35.9 Å². The molecule has 0 bridgehead atoms. The molecule has 0 saturated carbocycles. The van der Waals surface area contributed by atoms with Crippen molar-refractivity contribution >= 4 is 44.9 Å². The predicted molar refractivity (Wildman–Crippen MR) is 98.5 cm³/mol. The minimum absolute atomic E-state index is 0.125. The molecule has 6 heteroatoms. The van der Waals surface area contributed by atoms with Crippen LogP contribution in [0, 0.1) is 6.92 Å². The second-order valence-corrected chi connectivity index (χ2v) is 7.31. The molecule has 1 aliphatic rings. The molecule has 1 aliphatic heterocycles. The maximum atomic E-state index is 12.5. The van der Waals surface area contributed by atoms with E-state index in [1.807, 2.05) is 31.2 Å². The van der Waals surface area contributed by atoms with Crippen LogP contribution in [0.1, 0.15) is 16.7 Å². The maximum absolute atomic E-state index is 12.5. The number of carbonyl (C=O) groups is 2. The van der Waals surface area contributed by atoms with Gasteiger partial charge in [0.25, 0.3) is 11.1 Å². The van der Waals surface area contributed by atoms with Crippen molar-refractivity contribution in [2.45, 2.75) is 13.5 Å². The van der Waals surface area contributed by atoms with Gasteiger partial charge in [-0.05, 0) is 64.0 Å². The number of aromatic hydroxyl groups is 1. The van der Waals surface area contributed by atoms with E-state index in [1.165, 1.54) is 11.0 Å². The standard InChI is InChI=1S/C18H14BrNO3S/c1-11-2-4-12(5-3-11)10-20-17(22)16(24-18(20)23)9-13-6-7-15(21)14(19)8-13/h2-9,21H,10H2,1H3/b16-9+. The van der Waals surface area contributed by atoms with Crippen molar-refractivity contribution in [1.82, 2.24) is 4.90 Å². The van der Waals surface area contributed by atoms with E-state index in [4.69, 9.17) is 0 Å². The number of rotatable bonds is 3. The highest BCUT2D eigenvalue weighted by molar-refractivity contribution is 9.10. The summed E-state index contributed by atoms with van der Waals surface area (Å²) in [5, 5.41) is 9.25. The number of hydrogen-bond acceptors (Lipinski definition) is 4. The predicted octanol–water partition coefficient (Wildman–Crippen LogP) is 4.70. The second kappa shape index (κ2) is 6.83. The molecule has 0 aromatic heterocycles. The van der Waals surface area contributed by atoms with Crippen LogP contribution in [-0.4, -0.2) is 21.2 Å². The Labute approximate surface area is 152 Å². The number of amides is 2. The molecule has 1 saturated heterocycles. The summed E-state index contributed by atoms with van der Waals surface area (Å²) in [4.78, 5) is 26.3. The van der Waals surface area contributed by atoms with Crippen molar-refractivity contribution in [3.63, 3.8) is 0 Å². The molecule has 3 rings (SSSR count). The Morgan fingerprint density at radius 3 is 2.54 bits per heavy atom. The van der Waals surface area contributed by atoms with Crippen LogP contribution in [0.25, 0.3) is 6.08 Å². The molecule has 24 heavy (non-hydrogen) atoms. The average molecular weight is 404 g/mol. The number of phenols is 1. The molecular formula is C18H14BrNO3S. The van der Waals surface area contributed by atoms with Crippen molar-refractivity contribution in [1.29, 1.82) is 0 Å². The first kappa shape index (κ1) is 16.8. The lowest BCUT2D eigenvalue weighted by molar-refractivity contribution is -0.123. The second-order valence-electron chi connectivity index (χ2n) is 5.46. The van der Waals surface area contributed by atoms with Crippen LogP contribution in [0.3, 0.4) is 0 Å². The van der Waals surface area contributed by atoms with E-state index in [0.29, 0.717) is 9.38 Å². The number of aryl methyl sites for hydroxylation is 1. The van der Waals surface area contributed by atoms with Crippen LogP contribution in [0.4, 0.5) is 4.79 Å². The molecule has 1 N–H and O–H groups in total. The van der Waals surface area contributed by atoms with Crippen LogP contribution >= 0.6 is 27.7 Å². The highest BCUT2D eigenvalue weighted by Gasteiger charge is 2.34. The Morgan fingerprint density at radius 2 is 1.88 bits per heavy atom. The number of benzene rings is 2. The van der Waals surface area contributed by atoms with Crippen molar-refractivity contribution in [3.05, 3.63) is 68.5 Å². The van der Waals surface area contributed by atoms with Gasteiger partial charge in [0.15, 0.2) is 0 Å². The molecule has 0 radical (unpaired) electrons. The zero-order valence-electron chi connectivity index (χ0n) is 12.8. The number of carbonyl (C=O) groups excluding carboxylic acids is 2. The normalized spacial score (nSPS) is 16.2. The first-order chi connectivity index (χ1) is 11.4. The summed E-state index contributed by atoms with van der Waals surface area (Å²) < 4.78 is 0.537. The number of thioether (sulfide) groups is 1. The summed E-state index contributed by atoms with van der Waals surface area (Å²) in [5.74, 6) is -0.172. The zero-order chi connectivity index (χ0) is 17.3.